The Hall–Kier alpha value is -4.32. The molecule has 0 unspecified atom stereocenters. The molecule has 0 bridgehead atoms. The van der Waals surface area contributed by atoms with E-state index in [4.69, 9.17) is 9.47 Å². The van der Waals surface area contributed by atoms with Crippen LogP contribution >= 0.6 is 0 Å². The first-order chi connectivity index (χ1) is 16.9. The number of pyridine rings is 2. The number of aromatic nitrogens is 4. The van der Waals surface area contributed by atoms with Crippen LogP contribution in [0.15, 0.2) is 64.7 Å². The van der Waals surface area contributed by atoms with Gasteiger partial charge in [0.15, 0.2) is 11.7 Å². The molecule has 4 heterocycles. The zero-order valence-corrected chi connectivity index (χ0v) is 19.2. The predicted octanol–water partition coefficient (Wildman–Crippen LogP) is 1.13. The molecule has 0 fully saturated rings. The van der Waals surface area contributed by atoms with Crippen LogP contribution in [-0.2, 0) is 23.1 Å². The van der Waals surface area contributed by atoms with E-state index in [-0.39, 0.29) is 18.9 Å². The number of allylic oxidation sites excluding steroid dienone is 2. The molecule has 0 saturated carbocycles. The normalized spacial score (nSPS) is 13.5. The lowest BCUT2D eigenvalue weighted by Gasteiger charge is -2.11. The summed E-state index contributed by atoms with van der Waals surface area (Å²) < 4.78 is 28.0. The molecule has 3 aromatic rings. The summed E-state index contributed by atoms with van der Waals surface area (Å²) in [6.07, 6.45) is 9.44. The summed E-state index contributed by atoms with van der Waals surface area (Å²) >= 11 is 0. The Morgan fingerprint density at radius 3 is 2.91 bits per heavy atom. The van der Waals surface area contributed by atoms with Gasteiger partial charge >= 0.3 is 0 Å². The molecule has 182 valence electrons. The molecule has 0 spiro atoms. The number of hydrazine groups is 1. The first kappa shape index (κ1) is 23.8. The Morgan fingerprint density at radius 2 is 2.14 bits per heavy atom. The van der Waals surface area contributed by atoms with E-state index < -0.39 is 17.3 Å². The van der Waals surface area contributed by atoms with Crippen LogP contribution in [0.5, 0.6) is 5.75 Å². The molecule has 0 radical (unpaired) electrons. The summed E-state index contributed by atoms with van der Waals surface area (Å²) in [5.74, 6) is -0.912. The second-order valence-electron chi connectivity index (χ2n) is 7.61. The van der Waals surface area contributed by atoms with Gasteiger partial charge < -0.3 is 14.0 Å². The largest absolute Gasteiger partial charge is 0.490 e. The summed E-state index contributed by atoms with van der Waals surface area (Å²) in [6, 6.07) is 3.19. The Morgan fingerprint density at radius 1 is 1.29 bits per heavy atom. The molecular weight excluding hydrogens is 457 g/mol. The molecule has 11 nitrogen and oxygen atoms in total. The number of methoxy groups -OCH3 is 1. The highest BCUT2D eigenvalue weighted by molar-refractivity contribution is 6.00. The Balaban J connectivity index is 1.40. The zero-order valence-electron chi connectivity index (χ0n) is 19.2. The second-order valence-corrected chi connectivity index (χ2v) is 7.61. The smallest absolute Gasteiger partial charge is 0.260 e. The molecule has 4 rings (SSSR count). The number of fused-ring (bicyclic) bond motifs is 1. The first-order valence-corrected chi connectivity index (χ1v) is 10.7. The van der Waals surface area contributed by atoms with E-state index in [0.717, 1.165) is 5.56 Å². The minimum Gasteiger partial charge on any atom is -0.490 e. The van der Waals surface area contributed by atoms with Crippen molar-refractivity contribution in [1.29, 1.82) is 0 Å². The second kappa shape index (κ2) is 10.7. The minimum atomic E-state index is -0.646. The Kier molecular flexibility index (Phi) is 7.31. The molecule has 12 heteroatoms. The highest BCUT2D eigenvalue weighted by atomic mass is 19.1. The van der Waals surface area contributed by atoms with Gasteiger partial charge in [0.25, 0.3) is 11.5 Å². The number of amides is 1. The van der Waals surface area contributed by atoms with E-state index in [0.29, 0.717) is 35.4 Å². The van der Waals surface area contributed by atoms with Crippen molar-refractivity contribution in [2.75, 3.05) is 26.9 Å². The molecule has 2 N–H and O–H groups in total. The van der Waals surface area contributed by atoms with Gasteiger partial charge in [0.2, 0.25) is 0 Å². The van der Waals surface area contributed by atoms with Crippen molar-refractivity contribution < 1.29 is 18.7 Å². The lowest BCUT2D eigenvalue weighted by molar-refractivity contribution is -0.122. The van der Waals surface area contributed by atoms with Crippen molar-refractivity contribution in [2.45, 2.75) is 6.54 Å². The van der Waals surface area contributed by atoms with Crippen LogP contribution in [0, 0.1) is 0 Å². The number of halogens is 1. The quantitative estimate of drug-likeness (QED) is 0.383. The monoisotopic (exact) mass is 481 g/mol. The van der Waals surface area contributed by atoms with Crippen molar-refractivity contribution >= 4 is 28.2 Å². The number of carbonyl (C=O) groups is 1. The fourth-order valence-electron chi connectivity index (χ4n) is 3.36. The number of carbonyl (C=O) groups excluding carboxylic acids is 1. The molecule has 35 heavy (non-hydrogen) atoms. The Bertz CT molecular complexity index is 1390. The van der Waals surface area contributed by atoms with Crippen molar-refractivity contribution in [1.82, 2.24) is 30.2 Å². The van der Waals surface area contributed by atoms with Crippen molar-refractivity contribution in [3.63, 3.8) is 0 Å². The molecule has 3 aromatic heterocycles. The number of rotatable bonds is 7. The van der Waals surface area contributed by atoms with Gasteiger partial charge in [0.1, 0.15) is 18.9 Å². The van der Waals surface area contributed by atoms with Crippen LogP contribution in [0.3, 0.4) is 0 Å². The fraction of sp³-hybridized carbons (Fsp3) is 0.261. The fourth-order valence-corrected chi connectivity index (χ4v) is 3.36. The SMILES string of the molecule is COCCOc1cnc2ccn(CC(=O)NNC3=NCC=C(c4cnn(C)c4)C=C3F)c(=O)c2c1. The van der Waals surface area contributed by atoms with Gasteiger partial charge in [-0.15, -0.1) is 0 Å². The lowest BCUT2D eigenvalue weighted by atomic mass is 10.1. The van der Waals surface area contributed by atoms with Crippen molar-refractivity contribution in [3.05, 3.63) is 70.8 Å². The molecule has 1 amide bonds. The number of ether oxygens (including phenoxy) is 2. The van der Waals surface area contributed by atoms with Crippen LogP contribution in [0.2, 0.25) is 0 Å². The highest BCUT2D eigenvalue weighted by Gasteiger charge is 2.14. The number of aryl methyl sites for hydroxylation is 1. The summed E-state index contributed by atoms with van der Waals surface area (Å²) in [6.45, 7) is 0.617. The topological polar surface area (TPSA) is 125 Å². The maximum absolute atomic E-state index is 14.7. The van der Waals surface area contributed by atoms with Gasteiger partial charge in [-0.1, -0.05) is 6.08 Å². The third-order valence-corrected chi connectivity index (χ3v) is 5.09. The van der Waals surface area contributed by atoms with Crippen LogP contribution in [0.25, 0.3) is 16.5 Å². The maximum Gasteiger partial charge on any atom is 0.260 e. The number of nitrogens with one attached hydrogen (secondary N) is 2. The summed E-state index contributed by atoms with van der Waals surface area (Å²) in [7, 11) is 3.33. The van der Waals surface area contributed by atoms with E-state index in [9.17, 15) is 14.0 Å². The number of nitrogens with zero attached hydrogens (tertiary/aromatic N) is 5. The zero-order chi connectivity index (χ0) is 24.8. The number of hydrogen-bond acceptors (Lipinski definition) is 8. The van der Waals surface area contributed by atoms with Crippen molar-refractivity contribution in [3.8, 4) is 5.75 Å². The molecule has 1 aliphatic rings. The third-order valence-electron chi connectivity index (χ3n) is 5.09. The van der Waals surface area contributed by atoms with E-state index in [2.05, 4.69) is 25.9 Å². The van der Waals surface area contributed by atoms with Gasteiger partial charge in [-0.2, -0.15) is 5.10 Å². The number of hydrogen-bond donors (Lipinski definition) is 2. The molecule has 0 aliphatic carbocycles. The average molecular weight is 481 g/mol. The van der Waals surface area contributed by atoms with E-state index in [1.165, 1.54) is 23.0 Å². The predicted molar refractivity (Wildman–Crippen MR) is 127 cm³/mol. The molecule has 0 saturated heterocycles. The first-order valence-electron chi connectivity index (χ1n) is 10.7. The number of aliphatic imine (C=N–C) groups is 1. The van der Waals surface area contributed by atoms with Crippen molar-refractivity contribution in [2.24, 2.45) is 12.0 Å². The summed E-state index contributed by atoms with van der Waals surface area (Å²) in [4.78, 5) is 33.6. The van der Waals surface area contributed by atoms with Crippen LogP contribution in [-0.4, -0.2) is 57.9 Å². The highest BCUT2D eigenvalue weighted by Crippen LogP contribution is 2.20. The van der Waals surface area contributed by atoms with Gasteiger partial charge in [0.05, 0.1) is 36.4 Å². The van der Waals surface area contributed by atoms with Crippen LogP contribution < -0.4 is 21.1 Å². The van der Waals surface area contributed by atoms with E-state index in [1.807, 2.05) is 0 Å². The minimum absolute atomic E-state index is 0.124. The summed E-state index contributed by atoms with van der Waals surface area (Å²) in [5, 5.41) is 4.39. The van der Waals surface area contributed by atoms with Gasteiger partial charge in [0, 0.05) is 32.1 Å². The average Bonchev–Trinajstić information content (AvgIpc) is 3.19. The van der Waals surface area contributed by atoms with Gasteiger partial charge in [-0.05, 0) is 23.8 Å². The Labute approximate surface area is 199 Å². The van der Waals surface area contributed by atoms with Crippen LogP contribution in [0.1, 0.15) is 5.56 Å². The maximum atomic E-state index is 14.7. The molecule has 0 atom stereocenters. The van der Waals surface area contributed by atoms with E-state index in [1.54, 1.807) is 49.4 Å². The lowest BCUT2D eigenvalue weighted by Crippen LogP contribution is -2.44. The summed E-state index contributed by atoms with van der Waals surface area (Å²) in [5.41, 5.74) is 6.32. The third kappa shape index (κ3) is 5.79. The molecular formula is C23H24FN7O4. The van der Waals surface area contributed by atoms with E-state index >= 15 is 0 Å². The molecule has 0 aromatic carbocycles. The molecule has 1 aliphatic heterocycles. The van der Waals surface area contributed by atoms with Gasteiger partial charge in [-0.25, -0.2) is 4.39 Å². The van der Waals surface area contributed by atoms with Crippen LogP contribution in [0.4, 0.5) is 4.39 Å². The number of amidine groups is 1. The standard InChI is InChI=1S/C23H24FN7O4/c1-30-13-16(11-27-30)15-3-5-25-22(19(24)9-15)29-28-21(32)14-31-6-4-20-18(23(31)33)10-17(12-26-20)35-8-7-34-2/h3-4,6,9-13H,5,7-8,14H2,1-2H3,(H,25,29)(H,28,32). The van der Waals surface area contributed by atoms with Gasteiger partial charge in [-0.3, -0.25) is 35.1 Å².